The molecule has 0 heterocycles. The van der Waals surface area contributed by atoms with Crippen LogP contribution in [0.2, 0.25) is 0 Å². The molecular formula is C5H12Cl2O2. The molecule has 0 rings (SSSR count). The third kappa shape index (κ3) is 8.50. The Kier molecular flexibility index (Phi) is 7.18. The molecule has 0 aromatic carbocycles. The quantitative estimate of drug-likeness (QED) is 0.591. The first-order valence-electron chi connectivity index (χ1n) is 2.49. The van der Waals surface area contributed by atoms with Gasteiger partial charge in [0.1, 0.15) is 0 Å². The molecular weight excluding hydrogens is 163 g/mol. The van der Waals surface area contributed by atoms with E-state index in [1.165, 1.54) is 0 Å². The molecule has 0 aliphatic carbocycles. The van der Waals surface area contributed by atoms with Crippen LogP contribution in [0.15, 0.2) is 0 Å². The maximum atomic E-state index is 8.63. The van der Waals surface area contributed by atoms with Gasteiger partial charge in [-0.2, -0.15) is 0 Å². The Bertz CT molecular complexity index is 58.5. The molecule has 2 N–H and O–H groups in total. The summed E-state index contributed by atoms with van der Waals surface area (Å²) in [7, 11) is 1.00. The fourth-order valence-corrected chi connectivity index (χ4v) is 0. The lowest BCUT2D eigenvalue weighted by Gasteiger charge is -2.14. The molecule has 0 radical (unpaired) electrons. The first kappa shape index (κ1) is 12.2. The van der Waals surface area contributed by atoms with E-state index in [1.807, 2.05) is 0 Å². The predicted molar refractivity (Wildman–Crippen MR) is 39.6 cm³/mol. The second kappa shape index (κ2) is 5.30. The zero-order valence-electron chi connectivity index (χ0n) is 5.73. The number of aliphatic hydroxyl groups excluding tert-OH is 1. The number of rotatable bonds is 1. The lowest BCUT2D eigenvalue weighted by molar-refractivity contribution is 0.163. The third-order valence-electron chi connectivity index (χ3n) is 0.695. The Balaban J connectivity index is 0. The molecule has 0 aromatic heterocycles. The molecule has 0 aliphatic rings. The van der Waals surface area contributed by atoms with Gasteiger partial charge in [0.15, 0.2) is 0 Å². The van der Waals surface area contributed by atoms with Crippen LogP contribution >= 0.6 is 23.2 Å². The zero-order chi connectivity index (χ0) is 8.08. The summed E-state index contributed by atoms with van der Waals surface area (Å²) in [6, 6.07) is 0. The Morgan fingerprint density at radius 3 is 1.33 bits per heavy atom. The van der Waals surface area contributed by atoms with Crippen LogP contribution in [-0.2, 0) is 0 Å². The number of halogens is 2. The SMILES string of the molecule is CC(C)C(O)(Cl)Cl.CO. The lowest BCUT2D eigenvalue weighted by atomic mass is 10.2. The summed E-state index contributed by atoms with van der Waals surface area (Å²) in [5.41, 5.74) is 0. The standard InChI is InChI=1S/C4H8Cl2O.CH4O/c1-3(2)4(5,6)7;1-2/h3,7H,1-2H3;2H,1H3. The van der Waals surface area contributed by atoms with Gasteiger partial charge in [0, 0.05) is 13.0 Å². The highest BCUT2D eigenvalue weighted by Crippen LogP contribution is 2.25. The van der Waals surface area contributed by atoms with Crippen LogP contribution in [0.25, 0.3) is 0 Å². The summed E-state index contributed by atoms with van der Waals surface area (Å²) in [4.78, 5) is 0. The molecule has 0 aromatic rings. The Hall–Kier alpha value is 0.500. The van der Waals surface area contributed by atoms with E-state index in [1.54, 1.807) is 13.8 Å². The summed E-state index contributed by atoms with van der Waals surface area (Å²) < 4.78 is -1.56. The van der Waals surface area contributed by atoms with E-state index < -0.39 is 4.52 Å². The third-order valence-corrected chi connectivity index (χ3v) is 1.57. The molecule has 0 aliphatic heterocycles. The summed E-state index contributed by atoms with van der Waals surface area (Å²) in [5.74, 6) is -0.115. The van der Waals surface area contributed by atoms with Gasteiger partial charge < -0.3 is 10.2 Å². The average Bonchev–Trinajstić information content (AvgIpc) is 1.69. The van der Waals surface area contributed by atoms with Crippen molar-refractivity contribution in [2.75, 3.05) is 7.11 Å². The molecule has 0 saturated carbocycles. The van der Waals surface area contributed by atoms with Crippen LogP contribution in [-0.4, -0.2) is 21.8 Å². The van der Waals surface area contributed by atoms with Gasteiger partial charge in [0.05, 0.1) is 0 Å². The first-order valence-corrected chi connectivity index (χ1v) is 3.25. The van der Waals surface area contributed by atoms with E-state index in [-0.39, 0.29) is 5.92 Å². The van der Waals surface area contributed by atoms with Crippen molar-refractivity contribution < 1.29 is 10.2 Å². The minimum absolute atomic E-state index is 0.115. The number of aliphatic hydroxyl groups is 2. The van der Waals surface area contributed by atoms with Crippen molar-refractivity contribution in [3.8, 4) is 0 Å². The summed E-state index contributed by atoms with van der Waals surface area (Å²) >= 11 is 10.4. The van der Waals surface area contributed by atoms with E-state index in [4.69, 9.17) is 33.4 Å². The number of hydrogen-bond acceptors (Lipinski definition) is 2. The van der Waals surface area contributed by atoms with Gasteiger partial charge in [-0.25, -0.2) is 0 Å². The summed E-state index contributed by atoms with van der Waals surface area (Å²) in [6.45, 7) is 3.47. The van der Waals surface area contributed by atoms with Gasteiger partial charge in [0.25, 0.3) is 0 Å². The number of hydrogen-bond donors (Lipinski definition) is 2. The van der Waals surface area contributed by atoms with Crippen molar-refractivity contribution in [1.29, 1.82) is 0 Å². The van der Waals surface area contributed by atoms with Crippen LogP contribution in [0, 0.1) is 5.92 Å². The first-order chi connectivity index (χ1) is 3.94. The highest BCUT2D eigenvalue weighted by molar-refractivity contribution is 6.47. The largest absolute Gasteiger partial charge is 0.400 e. The summed E-state index contributed by atoms with van der Waals surface area (Å²) in [5, 5.41) is 15.6. The molecule has 58 valence electrons. The van der Waals surface area contributed by atoms with Crippen LogP contribution in [0.5, 0.6) is 0 Å². The Morgan fingerprint density at radius 2 is 1.33 bits per heavy atom. The van der Waals surface area contributed by atoms with E-state index in [0.29, 0.717) is 0 Å². The van der Waals surface area contributed by atoms with Gasteiger partial charge >= 0.3 is 0 Å². The minimum Gasteiger partial charge on any atom is -0.400 e. The van der Waals surface area contributed by atoms with Gasteiger partial charge in [-0.15, -0.1) is 0 Å². The maximum absolute atomic E-state index is 8.63. The molecule has 2 nitrogen and oxygen atoms in total. The van der Waals surface area contributed by atoms with Crippen molar-refractivity contribution in [2.24, 2.45) is 5.92 Å². The Labute approximate surface area is 65.4 Å². The second-order valence-corrected chi connectivity index (χ2v) is 3.09. The molecule has 9 heavy (non-hydrogen) atoms. The van der Waals surface area contributed by atoms with Crippen molar-refractivity contribution in [3.05, 3.63) is 0 Å². The average molecular weight is 175 g/mol. The predicted octanol–water partition coefficient (Wildman–Crippen LogP) is 1.37. The van der Waals surface area contributed by atoms with Crippen molar-refractivity contribution in [1.82, 2.24) is 0 Å². The van der Waals surface area contributed by atoms with Gasteiger partial charge in [0.2, 0.25) is 4.52 Å². The van der Waals surface area contributed by atoms with E-state index in [9.17, 15) is 0 Å². The second-order valence-electron chi connectivity index (χ2n) is 1.74. The highest BCUT2D eigenvalue weighted by atomic mass is 35.5. The molecule has 0 bridgehead atoms. The Morgan fingerprint density at radius 1 is 1.22 bits per heavy atom. The van der Waals surface area contributed by atoms with Gasteiger partial charge in [-0.1, -0.05) is 37.0 Å². The minimum atomic E-state index is -1.56. The van der Waals surface area contributed by atoms with Gasteiger partial charge in [-0.05, 0) is 0 Å². The highest BCUT2D eigenvalue weighted by Gasteiger charge is 2.23. The van der Waals surface area contributed by atoms with Crippen LogP contribution in [0.1, 0.15) is 13.8 Å². The maximum Gasteiger partial charge on any atom is 0.217 e. The fraction of sp³-hybridized carbons (Fsp3) is 1.00. The number of alkyl halides is 2. The molecule has 0 unspecified atom stereocenters. The van der Waals surface area contributed by atoms with E-state index in [0.717, 1.165) is 7.11 Å². The molecule has 4 heteroatoms. The summed E-state index contributed by atoms with van der Waals surface area (Å²) in [6.07, 6.45) is 0. The zero-order valence-corrected chi connectivity index (χ0v) is 7.24. The van der Waals surface area contributed by atoms with E-state index in [2.05, 4.69) is 0 Å². The van der Waals surface area contributed by atoms with Crippen molar-refractivity contribution in [3.63, 3.8) is 0 Å². The molecule has 0 saturated heterocycles. The molecule has 0 atom stereocenters. The van der Waals surface area contributed by atoms with Gasteiger partial charge in [-0.3, -0.25) is 0 Å². The fourth-order valence-electron chi connectivity index (χ4n) is 0. The van der Waals surface area contributed by atoms with Crippen LogP contribution in [0.4, 0.5) is 0 Å². The molecule has 0 amide bonds. The topological polar surface area (TPSA) is 40.5 Å². The normalized spacial score (nSPS) is 10.7. The smallest absolute Gasteiger partial charge is 0.217 e. The van der Waals surface area contributed by atoms with Crippen LogP contribution < -0.4 is 0 Å². The lowest BCUT2D eigenvalue weighted by Crippen LogP contribution is -2.18. The van der Waals surface area contributed by atoms with Crippen molar-refractivity contribution >= 4 is 23.2 Å². The monoisotopic (exact) mass is 174 g/mol. The molecule has 0 spiro atoms. The van der Waals surface area contributed by atoms with E-state index >= 15 is 0 Å². The molecule has 0 fully saturated rings. The van der Waals surface area contributed by atoms with Crippen molar-refractivity contribution in [2.45, 2.75) is 18.4 Å². The van der Waals surface area contributed by atoms with Crippen LogP contribution in [0.3, 0.4) is 0 Å².